The Morgan fingerprint density at radius 2 is 2.25 bits per heavy atom. The number of carbonyl (C=O) groups is 1. The van der Waals surface area contributed by atoms with Gasteiger partial charge in [0.15, 0.2) is 0 Å². The van der Waals surface area contributed by atoms with Crippen LogP contribution >= 0.6 is 11.8 Å². The first kappa shape index (κ1) is 13.8. The maximum absolute atomic E-state index is 11.5. The van der Waals surface area contributed by atoms with Gasteiger partial charge < -0.3 is 15.5 Å². The average molecular weight is 245 g/mol. The summed E-state index contributed by atoms with van der Waals surface area (Å²) < 4.78 is 0. The minimum absolute atomic E-state index is 0.146. The van der Waals surface area contributed by atoms with Gasteiger partial charge in [0.25, 0.3) is 0 Å². The molecule has 1 atom stereocenters. The molecule has 94 valence electrons. The molecule has 4 nitrogen and oxygen atoms in total. The van der Waals surface area contributed by atoms with Crippen molar-refractivity contribution in [2.75, 3.05) is 45.7 Å². The third-order valence-electron chi connectivity index (χ3n) is 3.25. The molecule has 5 heteroatoms. The van der Waals surface area contributed by atoms with Gasteiger partial charge in [-0.05, 0) is 33.3 Å². The van der Waals surface area contributed by atoms with Crippen molar-refractivity contribution in [1.82, 2.24) is 15.5 Å². The third-order valence-corrected chi connectivity index (χ3v) is 4.48. The van der Waals surface area contributed by atoms with Crippen LogP contribution in [-0.2, 0) is 4.79 Å². The fourth-order valence-corrected chi connectivity index (χ4v) is 3.39. The molecule has 0 aromatic carbocycles. The molecule has 1 unspecified atom stereocenters. The Bertz CT molecular complexity index is 227. The summed E-state index contributed by atoms with van der Waals surface area (Å²) in [5.41, 5.74) is 0.167. The zero-order chi connectivity index (χ0) is 12.0. The number of nitrogens with zero attached hydrogens (tertiary/aromatic N) is 1. The second-order valence-corrected chi connectivity index (χ2v) is 5.66. The average Bonchev–Trinajstić information content (AvgIpc) is 2.73. The van der Waals surface area contributed by atoms with Crippen LogP contribution in [0.4, 0.5) is 0 Å². The Labute approximate surface area is 103 Å². The van der Waals surface area contributed by atoms with E-state index in [1.807, 2.05) is 18.8 Å². The standard InChI is InChI=1S/C11H23N3OS/c1-12-6-4-10(15)13-8-11(14(2)3)5-7-16-9-11/h12H,4-9H2,1-3H3,(H,13,15). The number of hydrogen-bond donors (Lipinski definition) is 2. The maximum Gasteiger partial charge on any atom is 0.221 e. The summed E-state index contributed by atoms with van der Waals surface area (Å²) in [4.78, 5) is 13.8. The predicted molar refractivity (Wildman–Crippen MR) is 69.9 cm³/mol. The van der Waals surface area contributed by atoms with Gasteiger partial charge in [0.2, 0.25) is 5.91 Å². The number of likely N-dealkylation sites (N-methyl/N-ethyl adjacent to an activating group) is 1. The highest BCUT2D eigenvalue weighted by Gasteiger charge is 2.36. The van der Waals surface area contributed by atoms with Crippen LogP contribution in [-0.4, -0.2) is 62.1 Å². The van der Waals surface area contributed by atoms with Crippen molar-refractivity contribution in [1.29, 1.82) is 0 Å². The Morgan fingerprint density at radius 3 is 2.75 bits per heavy atom. The maximum atomic E-state index is 11.5. The largest absolute Gasteiger partial charge is 0.354 e. The lowest BCUT2D eigenvalue weighted by molar-refractivity contribution is -0.121. The number of hydrogen-bond acceptors (Lipinski definition) is 4. The van der Waals surface area contributed by atoms with Gasteiger partial charge in [-0.1, -0.05) is 0 Å². The van der Waals surface area contributed by atoms with Crippen LogP contribution < -0.4 is 10.6 Å². The van der Waals surface area contributed by atoms with E-state index in [-0.39, 0.29) is 11.4 Å². The number of nitrogens with one attached hydrogen (secondary N) is 2. The molecule has 2 N–H and O–H groups in total. The first-order chi connectivity index (χ1) is 7.60. The Hall–Kier alpha value is -0.260. The van der Waals surface area contributed by atoms with E-state index in [2.05, 4.69) is 29.6 Å². The number of carbonyl (C=O) groups excluding carboxylic acids is 1. The van der Waals surface area contributed by atoms with Crippen LogP contribution in [0.1, 0.15) is 12.8 Å². The molecule has 1 saturated heterocycles. The van der Waals surface area contributed by atoms with E-state index in [4.69, 9.17) is 0 Å². The summed E-state index contributed by atoms with van der Waals surface area (Å²) in [6.45, 7) is 1.52. The van der Waals surface area contributed by atoms with Crippen LogP contribution in [0.5, 0.6) is 0 Å². The second-order valence-electron chi connectivity index (χ2n) is 4.55. The molecule has 0 aromatic heterocycles. The van der Waals surface area contributed by atoms with Gasteiger partial charge in [0.05, 0.1) is 0 Å². The normalized spacial score (nSPS) is 25.0. The van der Waals surface area contributed by atoms with Crippen LogP contribution in [0.3, 0.4) is 0 Å². The number of thioether (sulfide) groups is 1. The summed E-state index contributed by atoms with van der Waals surface area (Å²) in [5, 5.41) is 6.03. The molecular weight excluding hydrogens is 222 g/mol. The van der Waals surface area contributed by atoms with E-state index in [0.717, 1.165) is 25.3 Å². The predicted octanol–water partition coefficient (Wildman–Crippen LogP) is 0.149. The van der Waals surface area contributed by atoms with Crippen molar-refractivity contribution in [2.24, 2.45) is 0 Å². The van der Waals surface area contributed by atoms with Crippen molar-refractivity contribution in [3.8, 4) is 0 Å². The quantitative estimate of drug-likeness (QED) is 0.699. The van der Waals surface area contributed by atoms with Gasteiger partial charge in [0, 0.05) is 30.8 Å². The summed E-state index contributed by atoms with van der Waals surface area (Å²) >= 11 is 1.97. The van der Waals surface area contributed by atoms with Gasteiger partial charge >= 0.3 is 0 Å². The van der Waals surface area contributed by atoms with Gasteiger partial charge in [-0.25, -0.2) is 0 Å². The summed E-state index contributed by atoms with van der Waals surface area (Å²) in [6, 6.07) is 0. The number of amides is 1. The molecule has 16 heavy (non-hydrogen) atoms. The SMILES string of the molecule is CNCCC(=O)NCC1(N(C)C)CCSC1. The van der Waals surface area contributed by atoms with E-state index in [1.165, 1.54) is 5.75 Å². The monoisotopic (exact) mass is 245 g/mol. The first-order valence-electron chi connectivity index (χ1n) is 5.77. The van der Waals surface area contributed by atoms with Gasteiger partial charge in [-0.2, -0.15) is 11.8 Å². The lowest BCUT2D eigenvalue weighted by Crippen LogP contribution is -2.53. The van der Waals surface area contributed by atoms with Crippen molar-refractivity contribution >= 4 is 17.7 Å². The van der Waals surface area contributed by atoms with Gasteiger partial charge in [-0.15, -0.1) is 0 Å². The molecule has 1 fully saturated rings. The zero-order valence-corrected chi connectivity index (χ0v) is 11.3. The van der Waals surface area contributed by atoms with Crippen molar-refractivity contribution in [3.63, 3.8) is 0 Å². The van der Waals surface area contributed by atoms with E-state index in [9.17, 15) is 4.79 Å². The Balaban J connectivity index is 2.36. The molecule has 0 aliphatic carbocycles. The Morgan fingerprint density at radius 1 is 1.50 bits per heavy atom. The molecule has 0 bridgehead atoms. The molecule has 0 aromatic rings. The minimum atomic E-state index is 0.146. The fourth-order valence-electron chi connectivity index (χ4n) is 1.84. The van der Waals surface area contributed by atoms with E-state index < -0.39 is 0 Å². The summed E-state index contributed by atoms with van der Waals surface area (Å²) in [7, 11) is 6.07. The van der Waals surface area contributed by atoms with Crippen molar-refractivity contribution in [2.45, 2.75) is 18.4 Å². The van der Waals surface area contributed by atoms with Crippen LogP contribution in [0, 0.1) is 0 Å². The molecule has 1 rings (SSSR count). The van der Waals surface area contributed by atoms with Crippen LogP contribution in [0.25, 0.3) is 0 Å². The first-order valence-corrected chi connectivity index (χ1v) is 6.93. The summed E-state index contributed by atoms with van der Waals surface area (Å²) in [6.07, 6.45) is 1.73. The lowest BCUT2D eigenvalue weighted by Gasteiger charge is -2.35. The van der Waals surface area contributed by atoms with Crippen LogP contribution in [0.15, 0.2) is 0 Å². The Kier molecular flexibility index (Phi) is 5.58. The highest BCUT2D eigenvalue weighted by Crippen LogP contribution is 2.31. The van der Waals surface area contributed by atoms with Crippen LogP contribution in [0.2, 0.25) is 0 Å². The molecule has 1 aliphatic heterocycles. The molecule has 1 heterocycles. The number of rotatable bonds is 6. The lowest BCUT2D eigenvalue weighted by atomic mass is 9.97. The molecule has 0 radical (unpaired) electrons. The third kappa shape index (κ3) is 3.64. The topological polar surface area (TPSA) is 44.4 Å². The van der Waals surface area contributed by atoms with Crippen molar-refractivity contribution < 1.29 is 4.79 Å². The molecule has 0 saturated carbocycles. The van der Waals surface area contributed by atoms with Gasteiger partial charge in [0.1, 0.15) is 0 Å². The smallest absolute Gasteiger partial charge is 0.221 e. The molecule has 0 spiro atoms. The van der Waals surface area contributed by atoms with Gasteiger partial charge in [-0.3, -0.25) is 4.79 Å². The highest BCUT2D eigenvalue weighted by atomic mass is 32.2. The minimum Gasteiger partial charge on any atom is -0.354 e. The summed E-state index contributed by atoms with van der Waals surface area (Å²) in [5.74, 6) is 2.46. The fraction of sp³-hybridized carbons (Fsp3) is 0.909. The van der Waals surface area contributed by atoms with E-state index in [1.54, 1.807) is 0 Å². The highest BCUT2D eigenvalue weighted by molar-refractivity contribution is 7.99. The van der Waals surface area contributed by atoms with E-state index >= 15 is 0 Å². The zero-order valence-electron chi connectivity index (χ0n) is 10.5. The molecule has 1 amide bonds. The second kappa shape index (κ2) is 6.47. The molecule has 1 aliphatic rings. The van der Waals surface area contributed by atoms with E-state index in [0.29, 0.717) is 6.42 Å². The molecular formula is C11H23N3OS. The van der Waals surface area contributed by atoms with Crippen molar-refractivity contribution in [3.05, 3.63) is 0 Å².